The first-order chi connectivity index (χ1) is 19.5. The van der Waals surface area contributed by atoms with Crippen LogP contribution in [0.3, 0.4) is 0 Å². The normalized spacial score (nSPS) is 25.3. The van der Waals surface area contributed by atoms with Gasteiger partial charge in [0.25, 0.3) is 0 Å². The molecule has 0 aromatic heterocycles. The fraction of sp³-hybridized carbons (Fsp3) is 0.438. The molecule has 4 aliphatic rings. The second-order valence-electron chi connectivity index (χ2n) is 11.1. The number of aliphatic hydroxyl groups excluding tert-OH is 1. The highest BCUT2D eigenvalue weighted by molar-refractivity contribution is 5.95. The van der Waals surface area contributed by atoms with Gasteiger partial charge in [-0.25, -0.2) is 4.79 Å². The van der Waals surface area contributed by atoms with E-state index in [4.69, 9.17) is 19.3 Å². The van der Waals surface area contributed by atoms with E-state index in [-0.39, 0.29) is 31.2 Å². The fourth-order valence-electron chi connectivity index (χ4n) is 5.88. The van der Waals surface area contributed by atoms with Crippen LogP contribution >= 0.6 is 0 Å². The van der Waals surface area contributed by atoms with Gasteiger partial charge in [-0.05, 0) is 61.4 Å². The Morgan fingerprint density at radius 3 is 2.48 bits per heavy atom. The minimum absolute atomic E-state index is 0.140. The molecule has 1 aliphatic heterocycles. The van der Waals surface area contributed by atoms with Gasteiger partial charge in [0, 0.05) is 30.4 Å². The van der Waals surface area contributed by atoms with E-state index in [0.717, 1.165) is 31.2 Å². The third kappa shape index (κ3) is 5.44. The van der Waals surface area contributed by atoms with Crippen molar-refractivity contribution in [2.24, 2.45) is 11.8 Å². The monoisotopic (exact) mass is 545 g/mol. The van der Waals surface area contributed by atoms with E-state index in [1.807, 2.05) is 42.5 Å². The minimum atomic E-state index is -0.699. The molecular weight excluding hydrogens is 510 g/mol. The number of nitrogens with one attached hydrogen (secondary N) is 1. The number of para-hydroxylation sites is 1. The largest absolute Gasteiger partial charge is 0.508 e. The average molecular weight is 546 g/mol. The molecule has 3 fully saturated rings. The van der Waals surface area contributed by atoms with Crippen LogP contribution in [0.4, 0.5) is 0 Å². The van der Waals surface area contributed by atoms with Crippen molar-refractivity contribution in [3.05, 3.63) is 82.9 Å². The summed E-state index contributed by atoms with van der Waals surface area (Å²) in [4.78, 5) is 26.4. The Hall–Kier alpha value is -3.46. The molecule has 0 spiro atoms. The zero-order chi connectivity index (χ0) is 27.7. The fourth-order valence-corrected chi connectivity index (χ4v) is 5.88. The third-order valence-corrected chi connectivity index (χ3v) is 8.17. The quantitative estimate of drug-likeness (QED) is 0.388. The number of allylic oxidation sites excluding steroid dienone is 1. The predicted molar refractivity (Wildman–Crippen MR) is 147 cm³/mol. The smallest absolute Gasteiger partial charge is 0.339 e. The summed E-state index contributed by atoms with van der Waals surface area (Å²) in [5.41, 5.74) is 2.36. The van der Waals surface area contributed by atoms with Crippen LogP contribution in [0.25, 0.3) is 6.08 Å². The maximum atomic E-state index is 13.6. The number of amides is 1. The Labute approximate surface area is 233 Å². The molecule has 1 saturated heterocycles. The summed E-state index contributed by atoms with van der Waals surface area (Å²) in [7, 11) is 0. The van der Waals surface area contributed by atoms with E-state index < -0.39 is 30.1 Å². The van der Waals surface area contributed by atoms with E-state index in [1.165, 1.54) is 0 Å². The first kappa shape index (κ1) is 26.7. The van der Waals surface area contributed by atoms with Crippen LogP contribution in [-0.2, 0) is 25.4 Å². The Morgan fingerprint density at radius 1 is 1.02 bits per heavy atom. The van der Waals surface area contributed by atoms with E-state index in [9.17, 15) is 14.7 Å². The molecule has 8 nitrogen and oxygen atoms in total. The summed E-state index contributed by atoms with van der Waals surface area (Å²) in [5, 5.41) is 21.9. The Bertz CT molecular complexity index is 1310. The number of hydrogen-bond acceptors (Lipinski definition) is 7. The SMILES string of the molecule is O=C(NCCO)C1=CC2OC(C3CC3)(C3CC3)OC2C(OC(=O)c2ccccc2C=CCc2ccccc2O)C1. The van der Waals surface area contributed by atoms with Gasteiger partial charge in [0.1, 0.15) is 24.1 Å². The van der Waals surface area contributed by atoms with Crippen LogP contribution in [0.1, 0.15) is 53.6 Å². The molecule has 3 N–H and O–H groups in total. The number of rotatable bonds is 10. The second-order valence-corrected chi connectivity index (χ2v) is 11.1. The number of phenols is 1. The van der Waals surface area contributed by atoms with Crippen LogP contribution in [0, 0.1) is 11.8 Å². The molecule has 2 saturated carbocycles. The topological polar surface area (TPSA) is 114 Å². The van der Waals surface area contributed by atoms with Crippen molar-refractivity contribution in [2.45, 2.75) is 62.6 Å². The van der Waals surface area contributed by atoms with Gasteiger partial charge < -0.3 is 29.7 Å². The Balaban J connectivity index is 1.22. The van der Waals surface area contributed by atoms with Gasteiger partial charge in [-0.2, -0.15) is 0 Å². The van der Waals surface area contributed by atoms with Gasteiger partial charge >= 0.3 is 5.97 Å². The molecule has 1 heterocycles. The summed E-state index contributed by atoms with van der Waals surface area (Å²) in [6, 6.07) is 14.4. The van der Waals surface area contributed by atoms with E-state index in [2.05, 4.69) is 5.32 Å². The number of ether oxygens (including phenoxy) is 3. The number of hydrogen-bond donors (Lipinski definition) is 3. The van der Waals surface area contributed by atoms with Crippen molar-refractivity contribution in [3.8, 4) is 5.75 Å². The molecule has 2 aromatic carbocycles. The van der Waals surface area contributed by atoms with Gasteiger partial charge in [0.05, 0.1) is 12.2 Å². The summed E-state index contributed by atoms with van der Waals surface area (Å²) in [5.74, 6) is -0.584. The number of phenolic OH excluding ortho intramolecular Hbond substituents is 1. The van der Waals surface area contributed by atoms with Crippen molar-refractivity contribution in [3.63, 3.8) is 0 Å². The summed E-state index contributed by atoms with van der Waals surface area (Å²) < 4.78 is 19.3. The van der Waals surface area contributed by atoms with E-state index >= 15 is 0 Å². The van der Waals surface area contributed by atoms with Crippen LogP contribution in [0.5, 0.6) is 5.75 Å². The number of esters is 1. The summed E-state index contributed by atoms with van der Waals surface area (Å²) in [6.45, 7) is -0.0234. The summed E-state index contributed by atoms with van der Waals surface area (Å²) >= 11 is 0. The maximum Gasteiger partial charge on any atom is 0.339 e. The standard InChI is InChI=1S/C32H35NO7/c34-17-16-33-30(36)22-18-27(29-28(19-22)39-32(40-29,23-12-13-23)24-14-15-24)38-31(37)25-10-3-1-6-20(25)8-5-9-21-7-2-4-11-26(21)35/h1-8,10-11,19,23-24,27-29,34-35H,9,12-18H2,(H,33,36). The van der Waals surface area contributed by atoms with Gasteiger partial charge in [-0.3, -0.25) is 4.79 Å². The zero-order valence-corrected chi connectivity index (χ0v) is 22.3. The molecule has 6 rings (SSSR count). The maximum absolute atomic E-state index is 13.6. The van der Waals surface area contributed by atoms with E-state index in [1.54, 1.807) is 24.3 Å². The second kappa shape index (κ2) is 11.2. The average Bonchev–Trinajstić information content (AvgIpc) is 3.90. The molecule has 1 amide bonds. The minimum Gasteiger partial charge on any atom is -0.508 e. The first-order valence-corrected chi connectivity index (χ1v) is 14.2. The molecule has 0 bridgehead atoms. The highest BCUT2D eigenvalue weighted by atomic mass is 16.8. The molecular formula is C32H35NO7. The molecule has 8 heteroatoms. The van der Waals surface area contributed by atoms with Crippen molar-refractivity contribution in [1.82, 2.24) is 5.32 Å². The Kier molecular flexibility index (Phi) is 7.49. The molecule has 3 unspecified atom stereocenters. The van der Waals surface area contributed by atoms with Crippen LogP contribution in [-0.4, -0.2) is 59.3 Å². The number of aliphatic hydroxyl groups is 1. The molecule has 210 valence electrons. The number of fused-ring (bicyclic) bond motifs is 1. The lowest BCUT2D eigenvalue weighted by Gasteiger charge is -2.31. The number of benzene rings is 2. The molecule has 2 aromatic rings. The molecule has 3 aliphatic carbocycles. The van der Waals surface area contributed by atoms with Crippen LogP contribution in [0.2, 0.25) is 0 Å². The lowest BCUT2D eigenvalue weighted by atomic mass is 9.91. The number of carbonyl (C=O) groups excluding carboxylic acids is 2. The highest BCUT2D eigenvalue weighted by Crippen LogP contribution is 2.59. The van der Waals surface area contributed by atoms with Crippen molar-refractivity contribution < 1.29 is 34.0 Å². The van der Waals surface area contributed by atoms with E-state index in [0.29, 0.717) is 35.0 Å². The van der Waals surface area contributed by atoms with Gasteiger partial charge in [0.15, 0.2) is 5.79 Å². The lowest BCUT2D eigenvalue weighted by molar-refractivity contribution is -0.209. The number of carbonyl (C=O) groups is 2. The van der Waals surface area contributed by atoms with Crippen molar-refractivity contribution in [1.29, 1.82) is 0 Å². The first-order valence-electron chi connectivity index (χ1n) is 14.2. The van der Waals surface area contributed by atoms with Crippen LogP contribution < -0.4 is 5.32 Å². The van der Waals surface area contributed by atoms with Crippen LogP contribution in [0.15, 0.2) is 66.3 Å². The molecule has 40 heavy (non-hydrogen) atoms. The highest BCUT2D eigenvalue weighted by Gasteiger charge is 2.64. The third-order valence-electron chi connectivity index (χ3n) is 8.17. The number of aromatic hydroxyl groups is 1. The van der Waals surface area contributed by atoms with Gasteiger partial charge in [-0.15, -0.1) is 0 Å². The van der Waals surface area contributed by atoms with Crippen molar-refractivity contribution in [2.75, 3.05) is 13.2 Å². The molecule has 0 radical (unpaired) electrons. The Morgan fingerprint density at radius 2 is 1.75 bits per heavy atom. The van der Waals surface area contributed by atoms with Gasteiger partial charge in [-0.1, -0.05) is 48.6 Å². The predicted octanol–water partition coefficient (Wildman–Crippen LogP) is 3.91. The molecule has 3 atom stereocenters. The zero-order valence-electron chi connectivity index (χ0n) is 22.3. The van der Waals surface area contributed by atoms with Gasteiger partial charge in [0.2, 0.25) is 5.91 Å². The lowest BCUT2D eigenvalue weighted by Crippen LogP contribution is -2.44. The van der Waals surface area contributed by atoms with Crippen molar-refractivity contribution >= 4 is 18.0 Å². The summed E-state index contributed by atoms with van der Waals surface area (Å²) in [6.07, 6.45) is 8.78.